The van der Waals surface area contributed by atoms with Crippen LogP contribution in [0.3, 0.4) is 0 Å². The van der Waals surface area contributed by atoms with E-state index in [0.29, 0.717) is 21.3 Å². The van der Waals surface area contributed by atoms with Gasteiger partial charge in [-0.05, 0) is 68.9 Å². The van der Waals surface area contributed by atoms with Crippen molar-refractivity contribution in [1.82, 2.24) is 9.78 Å². The Balaban J connectivity index is 1.48. The zero-order valence-corrected chi connectivity index (χ0v) is 19.5. The average molecular weight is 474 g/mol. The molecule has 2 heterocycles. The number of rotatable bonds is 7. The van der Waals surface area contributed by atoms with Crippen molar-refractivity contribution in [3.05, 3.63) is 62.7 Å². The van der Waals surface area contributed by atoms with Crippen molar-refractivity contribution in [3.8, 4) is 5.75 Å². The lowest BCUT2D eigenvalue weighted by Gasteiger charge is -2.12. The van der Waals surface area contributed by atoms with Crippen LogP contribution in [0.15, 0.2) is 30.5 Å². The van der Waals surface area contributed by atoms with Gasteiger partial charge in [-0.3, -0.25) is 4.79 Å². The minimum Gasteiger partial charge on any atom is -0.470 e. The Bertz CT molecular complexity index is 1150. The fourth-order valence-corrected chi connectivity index (χ4v) is 5.10. The molecule has 0 aliphatic heterocycles. The molecule has 0 spiro atoms. The highest BCUT2D eigenvalue weighted by molar-refractivity contribution is 7.17. The minimum atomic E-state index is -0.392. The second kappa shape index (κ2) is 9.75. The second-order valence-corrected chi connectivity index (χ2v) is 9.05. The molecule has 1 N–H and O–H groups in total. The van der Waals surface area contributed by atoms with Crippen molar-refractivity contribution in [2.75, 3.05) is 11.9 Å². The summed E-state index contributed by atoms with van der Waals surface area (Å²) in [5.41, 5.74) is 2.74. The first-order chi connectivity index (χ1) is 15.5. The first-order valence-electron chi connectivity index (χ1n) is 10.5. The van der Waals surface area contributed by atoms with Crippen LogP contribution >= 0.6 is 22.9 Å². The maximum atomic E-state index is 12.9. The third kappa shape index (κ3) is 4.81. The van der Waals surface area contributed by atoms with Gasteiger partial charge in [-0.2, -0.15) is 5.10 Å². The molecule has 0 saturated carbocycles. The maximum absolute atomic E-state index is 12.9. The van der Waals surface area contributed by atoms with Gasteiger partial charge < -0.3 is 14.8 Å². The number of aryl methyl sites for hydroxylation is 2. The standard InChI is InChI=1S/C23H24ClN3O4S/c1-3-30-23(29)20-15-6-4-5-7-19(15)32-22(20)25-21(28)17-10-11-27(26-17)13-31-18-12-14(2)8-9-16(18)24/h8-12H,3-7,13H2,1-2H3,(H,25,28). The molecule has 0 bridgehead atoms. The largest absolute Gasteiger partial charge is 0.470 e. The molecule has 1 amide bonds. The van der Waals surface area contributed by atoms with E-state index in [9.17, 15) is 9.59 Å². The predicted octanol–water partition coefficient (Wildman–Crippen LogP) is 5.25. The molecule has 0 atom stereocenters. The van der Waals surface area contributed by atoms with Gasteiger partial charge in [-0.1, -0.05) is 17.7 Å². The third-order valence-corrected chi connectivity index (χ3v) is 6.71. The number of carbonyl (C=O) groups excluding carboxylic acids is 2. The summed E-state index contributed by atoms with van der Waals surface area (Å²) < 4.78 is 12.5. The van der Waals surface area contributed by atoms with E-state index in [1.807, 2.05) is 19.1 Å². The summed E-state index contributed by atoms with van der Waals surface area (Å²) in [6, 6.07) is 7.12. The Morgan fingerprint density at radius 2 is 2.06 bits per heavy atom. The number of benzene rings is 1. The number of aromatic nitrogens is 2. The number of halogens is 1. The van der Waals surface area contributed by atoms with Crippen LogP contribution in [0.5, 0.6) is 5.75 Å². The lowest BCUT2D eigenvalue weighted by molar-refractivity contribution is 0.0526. The first-order valence-corrected chi connectivity index (χ1v) is 11.7. The van der Waals surface area contributed by atoms with E-state index in [1.165, 1.54) is 16.0 Å². The Kier molecular flexibility index (Phi) is 6.81. The second-order valence-electron chi connectivity index (χ2n) is 7.54. The molecule has 1 aromatic carbocycles. The van der Waals surface area contributed by atoms with E-state index >= 15 is 0 Å². The van der Waals surface area contributed by atoms with Crippen molar-refractivity contribution < 1.29 is 19.1 Å². The molecule has 0 radical (unpaired) electrons. The smallest absolute Gasteiger partial charge is 0.341 e. The van der Waals surface area contributed by atoms with Gasteiger partial charge in [0.2, 0.25) is 0 Å². The van der Waals surface area contributed by atoms with E-state index in [-0.39, 0.29) is 24.9 Å². The van der Waals surface area contributed by atoms with E-state index in [1.54, 1.807) is 25.3 Å². The van der Waals surface area contributed by atoms with Crippen LogP contribution in [0.1, 0.15) is 56.6 Å². The molecule has 1 aliphatic rings. The number of anilines is 1. The molecule has 0 saturated heterocycles. The van der Waals surface area contributed by atoms with Crippen LogP contribution in [-0.2, 0) is 24.3 Å². The molecular formula is C23H24ClN3O4S. The van der Waals surface area contributed by atoms with Gasteiger partial charge in [0, 0.05) is 11.1 Å². The molecular weight excluding hydrogens is 450 g/mol. The monoisotopic (exact) mass is 473 g/mol. The molecule has 2 aromatic heterocycles. The maximum Gasteiger partial charge on any atom is 0.341 e. The number of nitrogens with zero attached hydrogens (tertiary/aromatic N) is 2. The SMILES string of the molecule is CCOC(=O)c1c(NC(=O)c2ccn(COc3cc(C)ccc3Cl)n2)sc2c1CCCC2. The van der Waals surface area contributed by atoms with Crippen molar-refractivity contribution in [2.24, 2.45) is 0 Å². The number of ether oxygens (including phenoxy) is 2. The average Bonchev–Trinajstić information content (AvgIpc) is 3.39. The fourth-order valence-electron chi connectivity index (χ4n) is 3.65. The molecule has 32 heavy (non-hydrogen) atoms. The normalized spacial score (nSPS) is 12.8. The van der Waals surface area contributed by atoms with E-state index < -0.39 is 5.97 Å². The van der Waals surface area contributed by atoms with Crippen molar-refractivity contribution in [1.29, 1.82) is 0 Å². The zero-order valence-electron chi connectivity index (χ0n) is 17.9. The highest BCUT2D eigenvalue weighted by atomic mass is 35.5. The molecule has 1 aliphatic carbocycles. The van der Waals surface area contributed by atoms with Crippen LogP contribution in [0.2, 0.25) is 5.02 Å². The van der Waals surface area contributed by atoms with Crippen LogP contribution in [0.4, 0.5) is 5.00 Å². The van der Waals surface area contributed by atoms with Gasteiger partial charge in [0.1, 0.15) is 10.8 Å². The van der Waals surface area contributed by atoms with Gasteiger partial charge >= 0.3 is 5.97 Å². The highest BCUT2D eigenvalue weighted by Crippen LogP contribution is 2.38. The predicted molar refractivity (Wildman–Crippen MR) is 124 cm³/mol. The summed E-state index contributed by atoms with van der Waals surface area (Å²) in [6.45, 7) is 4.12. The summed E-state index contributed by atoms with van der Waals surface area (Å²) in [6.07, 6.45) is 5.50. The number of esters is 1. The molecule has 3 aromatic rings. The van der Waals surface area contributed by atoms with Gasteiger partial charge in [-0.25, -0.2) is 9.48 Å². The van der Waals surface area contributed by atoms with E-state index in [0.717, 1.165) is 41.7 Å². The van der Waals surface area contributed by atoms with Crippen molar-refractivity contribution in [2.45, 2.75) is 46.3 Å². The Hall–Kier alpha value is -2.84. The number of thiophene rings is 1. The number of hydrogen-bond donors (Lipinski definition) is 1. The fraction of sp³-hybridized carbons (Fsp3) is 0.348. The van der Waals surface area contributed by atoms with Crippen LogP contribution in [0.25, 0.3) is 0 Å². The van der Waals surface area contributed by atoms with Gasteiger partial charge in [0.25, 0.3) is 5.91 Å². The Morgan fingerprint density at radius 3 is 2.88 bits per heavy atom. The number of nitrogens with one attached hydrogen (secondary N) is 1. The first kappa shape index (κ1) is 22.4. The quantitative estimate of drug-likeness (QED) is 0.474. The Morgan fingerprint density at radius 1 is 1.25 bits per heavy atom. The Labute approximate surface area is 195 Å². The van der Waals surface area contributed by atoms with E-state index in [2.05, 4.69) is 10.4 Å². The summed E-state index contributed by atoms with van der Waals surface area (Å²) in [4.78, 5) is 26.6. The number of carbonyl (C=O) groups is 2. The number of fused-ring (bicyclic) bond motifs is 1. The molecule has 7 nitrogen and oxygen atoms in total. The molecule has 4 rings (SSSR count). The van der Waals surface area contributed by atoms with Gasteiger partial charge in [0.15, 0.2) is 12.4 Å². The highest BCUT2D eigenvalue weighted by Gasteiger charge is 2.27. The molecule has 0 fully saturated rings. The summed E-state index contributed by atoms with van der Waals surface area (Å²) in [7, 11) is 0. The zero-order chi connectivity index (χ0) is 22.7. The minimum absolute atomic E-state index is 0.109. The van der Waals surface area contributed by atoms with Crippen LogP contribution in [0, 0.1) is 6.92 Å². The lowest BCUT2D eigenvalue weighted by Crippen LogP contribution is -2.17. The summed E-state index contributed by atoms with van der Waals surface area (Å²) in [5, 5.41) is 8.19. The van der Waals surface area contributed by atoms with Crippen LogP contribution < -0.4 is 10.1 Å². The third-order valence-electron chi connectivity index (χ3n) is 5.19. The lowest BCUT2D eigenvalue weighted by atomic mass is 9.95. The topological polar surface area (TPSA) is 82.5 Å². The van der Waals surface area contributed by atoms with E-state index in [4.69, 9.17) is 21.1 Å². The van der Waals surface area contributed by atoms with Crippen LogP contribution in [-0.4, -0.2) is 28.3 Å². The summed E-state index contributed by atoms with van der Waals surface area (Å²) in [5.74, 6) is -0.228. The molecule has 168 valence electrons. The van der Waals surface area contributed by atoms with Gasteiger partial charge in [0.05, 0.1) is 17.2 Å². The van der Waals surface area contributed by atoms with Crippen molar-refractivity contribution in [3.63, 3.8) is 0 Å². The van der Waals surface area contributed by atoms with Crippen molar-refractivity contribution >= 4 is 39.8 Å². The number of amides is 1. The molecule has 9 heteroatoms. The number of hydrogen-bond acceptors (Lipinski definition) is 6. The molecule has 0 unspecified atom stereocenters. The van der Waals surface area contributed by atoms with Gasteiger partial charge in [-0.15, -0.1) is 11.3 Å². The summed E-state index contributed by atoms with van der Waals surface area (Å²) >= 11 is 7.61.